The zero-order chi connectivity index (χ0) is 29.7. The number of piperazine rings is 1. The largest absolute Gasteiger partial charge is 0.493 e. The summed E-state index contributed by atoms with van der Waals surface area (Å²) in [6.07, 6.45) is 4.15. The number of thiocarbonyl (C=S) groups is 1. The van der Waals surface area contributed by atoms with Gasteiger partial charge >= 0.3 is 0 Å². The third-order valence-electron chi connectivity index (χ3n) is 7.61. The number of pyridine rings is 1. The second-order valence-electron chi connectivity index (χ2n) is 10.2. The third kappa shape index (κ3) is 6.45. The predicted octanol–water partition coefficient (Wildman–Crippen LogP) is 4.04. The standard InChI is InChI=1S/C30H37N5O4S2/c1-6-7-11-34-27(33-15-13-32(3)14-16-33)22(20(2)23(19-31)28(34)36)18-26-29(37)35(30(40)41-26)12-10-21-8-9-24(38-4)25(17-21)39-5/h8-9,17-18H,6-7,10-16H2,1-5H3/b26-18+. The summed E-state index contributed by atoms with van der Waals surface area (Å²) in [5.74, 6) is 1.89. The van der Waals surface area contributed by atoms with Crippen LogP contribution < -0.4 is 19.9 Å². The van der Waals surface area contributed by atoms with Crippen molar-refractivity contribution in [1.29, 1.82) is 5.26 Å². The Hall–Kier alpha value is -3.33. The number of nitriles is 1. The number of aromatic nitrogens is 1. The van der Waals surface area contributed by atoms with Crippen molar-refractivity contribution in [3.8, 4) is 17.6 Å². The number of thioether (sulfide) groups is 1. The zero-order valence-electron chi connectivity index (χ0n) is 24.4. The Balaban J connectivity index is 1.70. The molecule has 2 aromatic rings. The number of rotatable bonds is 10. The van der Waals surface area contributed by atoms with Gasteiger partial charge in [0.25, 0.3) is 11.5 Å². The highest BCUT2D eigenvalue weighted by atomic mass is 32.2. The molecular weight excluding hydrogens is 558 g/mol. The number of nitrogens with zero attached hydrogens (tertiary/aromatic N) is 5. The van der Waals surface area contributed by atoms with E-state index in [-0.39, 0.29) is 17.0 Å². The first-order valence-electron chi connectivity index (χ1n) is 13.8. The number of benzene rings is 1. The van der Waals surface area contributed by atoms with Crippen LogP contribution in [0.1, 0.15) is 42.0 Å². The first-order valence-corrected chi connectivity index (χ1v) is 15.0. The first kappa shape index (κ1) is 30.6. The minimum absolute atomic E-state index is 0.120. The quantitative estimate of drug-likeness (QED) is 0.298. The normalized spacial score (nSPS) is 16.9. The maximum Gasteiger partial charge on any atom is 0.270 e. The number of carbonyl (C=O) groups is 1. The van der Waals surface area contributed by atoms with E-state index in [0.717, 1.165) is 56.0 Å². The Kier molecular flexibility index (Phi) is 10.1. The van der Waals surface area contributed by atoms with Gasteiger partial charge in [0.2, 0.25) is 0 Å². The van der Waals surface area contributed by atoms with Gasteiger partial charge in [-0.3, -0.25) is 19.1 Å². The molecule has 2 saturated heterocycles. The smallest absolute Gasteiger partial charge is 0.270 e. The Morgan fingerprint density at radius 1 is 1.10 bits per heavy atom. The average Bonchev–Trinajstić information content (AvgIpc) is 3.24. The number of carbonyl (C=O) groups excluding carboxylic acids is 1. The summed E-state index contributed by atoms with van der Waals surface area (Å²) in [6, 6.07) is 7.83. The fraction of sp³-hybridized carbons (Fsp3) is 0.467. The molecule has 1 amide bonds. The average molecular weight is 596 g/mol. The van der Waals surface area contributed by atoms with Crippen molar-refractivity contribution in [1.82, 2.24) is 14.4 Å². The molecule has 3 heterocycles. The number of ether oxygens (including phenoxy) is 2. The summed E-state index contributed by atoms with van der Waals surface area (Å²) in [6.45, 7) is 8.03. The molecule has 1 aromatic heterocycles. The van der Waals surface area contributed by atoms with Crippen molar-refractivity contribution < 1.29 is 14.3 Å². The molecule has 0 unspecified atom stereocenters. The Labute approximate surface area is 251 Å². The second-order valence-corrected chi connectivity index (χ2v) is 11.9. The van der Waals surface area contributed by atoms with Crippen molar-refractivity contribution in [2.45, 2.75) is 39.7 Å². The van der Waals surface area contributed by atoms with Crippen molar-refractivity contribution in [2.75, 3.05) is 58.9 Å². The van der Waals surface area contributed by atoms with Gasteiger partial charge in [0.05, 0.1) is 19.1 Å². The van der Waals surface area contributed by atoms with Crippen LogP contribution in [0, 0.1) is 18.3 Å². The van der Waals surface area contributed by atoms with E-state index in [9.17, 15) is 14.9 Å². The molecule has 0 bridgehead atoms. The maximum absolute atomic E-state index is 13.6. The minimum Gasteiger partial charge on any atom is -0.493 e. The molecule has 4 rings (SSSR count). The second kappa shape index (κ2) is 13.6. The number of methoxy groups -OCH3 is 2. The van der Waals surface area contributed by atoms with Gasteiger partial charge < -0.3 is 19.3 Å². The van der Waals surface area contributed by atoms with E-state index in [1.54, 1.807) is 30.6 Å². The highest BCUT2D eigenvalue weighted by molar-refractivity contribution is 8.26. The number of hydrogen-bond acceptors (Lipinski definition) is 9. The molecule has 2 aliphatic heterocycles. The summed E-state index contributed by atoms with van der Waals surface area (Å²) >= 11 is 6.89. The molecule has 41 heavy (non-hydrogen) atoms. The van der Waals surface area contributed by atoms with Crippen molar-refractivity contribution in [3.63, 3.8) is 0 Å². The maximum atomic E-state index is 13.6. The molecule has 9 nitrogen and oxygen atoms in total. The van der Waals surface area contributed by atoms with Crippen molar-refractivity contribution in [3.05, 3.63) is 55.7 Å². The van der Waals surface area contributed by atoms with Gasteiger partial charge in [0.1, 0.15) is 21.8 Å². The van der Waals surface area contributed by atoms with Crippen LogP contribution >= 0.6 is 24.0 Å². The summed E-state index contributed by atoms with van der Waals surface area (Å²) in [5.41, 5.74) is 2.17. The van der Waals surface area contributed by atoms with Crippen molar-refractivity contribution >= 4 is 46.1 Å². The molecule has 218 valence electrons. The van der Waals surface area contributed by atoms with Gasteiger partial charge in [-0.05, 0) is 56.1 Å². The Morgan fingerprint density at radius 3 is 2.44 bits per heavy atom. The van der Waals surface area contributed by atoms with Crippen LogP contribution in [0.25, 0.3) is 6.08 Å². The zero-order valence-corrected chi connectivity index (χ0v) is 26.0. The molecule has 0 saturated carbocycles. The van der Waals surface area contributed by atoms with Crippen LogP contribution in [0.4, 0.5) is 5.82 Å². The molecule has 0 atom stereocenters. The molecule has 0 radical (unpaired) electrons. The SMILES string of the molecule is CCCCn1c(N2CCN(C)CC2)c(/C=C2/SC(=S)N(CCc3ccc(OC)c(OC)c3)C2=O)c(C)c(C#N)c1=O. The molecule has 0 spiro atoms. The molecule has 0 aliphatic carbocycles. The number of amides is 1. The first-order chi connectivity index (χ1) is 19.7. The third-order valence-corrected chi connectivity index (χ3v) is 8.98. The Bertz CT molecular complexity index is 1450. The lowest BCUT2D eigenvalue weighted by Gasteiger charge is -2.36. The van der Waals surface area contributed by atoms with Gasteiger partial charge in [0.15, 0.2) is 11.5 Å². The monoisotopic (exact) mass is 595 g/mol. The van der Waals surface area contributed by atoms with E-state index < -0.39 is 0 Å². The lowest BCUT2D eigenvalue weighted by molar-refractivity contribution is -0.122. The number of unbranched alkanes of at least 4 members (excludes halogenated alkanes) is 1. The molecule has 1 aromatic carbocycles. The van der Waals surface area contributed by atoms with Gasteiger partial charge in [-0.15, -0.1) is 0 Å². The highest BCUT2D eigenvalue weighted by Gasteiger charge is 2.33. The van der Waals surface area contributed by atoms with Crippen LogP contribution in [0.2, 0.25) is 0 Å². The van der Waals surface area contributed by atoms with Gasteiger partial charge in [0, 0.05) is 44.8 Å². The van der Waals surface area contributed by atoms with Gasteiger partial charge in [-0.25, -0.2) is 0 Å². The summed E-state index contributed by atoms with van der Waals surface area (Å²) in [7, 11) is 5.27. The molecule has 2 fully saturated rings. The number of anilines is 1. The van der Waals surface area contributed by atoms with Crippen LogP contribution in [0.15, 0.2) is 27.9 Å². The van der Waals surface area contributed by atoms with Gasteiger partial charge in [-0.1, -0.05) is 43.4 Å². The predicted molar refractivity (Wildman–Crippen MR) is 168 cm³/mol. The summed E-state index contributed by atoms with van der Waals surface area (Å²) < 4.78 is 13.0. The fourth-order valence-corrected chi connectivity index (χ4v) is 6.42. The van der Waals surface area contributed by atoms with E-state index in [4.69, 9.17) is 21.7 Å². The van der Waals surface area contributed by atoms with Gasteiger partial charge in [-0.2, -0.15) is 5.26 Å². The fourth-order valence-electron chi connectivity index (χ4n) is 5.13. The van der Waals surface area contributed by atoms with Crippen LogP contribution in [-0.4, -0.2) is 78.6 Å². The topological polar surface area (TPSA) is 91.0 Å². The van der Waals surface area contributed by atoms with E-state index in [0.29, 0.717) is 45.8 Å². The van der Waals surface area contributed by atoms with Crippen molar-refractivity contribution in [2.24, 2.45) is 0 Å². The van der Waals surface area contributed by atoms with Crippen LogP contribution in [0.3, 0.4) is 0 Å². The lowest BCUT2D eigenvalue weighted by Crippen LogP contribution is -2.47. The highest BCUT2D eigenvalue weighted by Crippen LogP contribution is 2.36. The molecule has 2 aliphatic rings. The van der Waals surface area contributed by atoms with E-state index in [1.807, 2.05) is 24.3 Å². The molecular formula is C30H37N5O4S2. The summed E-state index contributed by atoms with van der Waals surface area (Å²) in [4.78, 5) is 33.7. The molecule has 0 N–H and O–H groups in total. The Morgan fingerprint density at radius 2 is 1.80 bits per heavy atom. The minimum atomic E-state index is -0.271. The number of likely N-dealkylation sites (N-methyl/N-ethyl adjacent to an activating group) is 1. The van der Waals surface area contributed by atoms with E-state index in [2.05, 4.69) is 29.8 Å². The molecule has 11 heteroatoms. The lowest BCUT2D eigenvalue weighted by atomic mass is 10.0. The summed E-state index contributed by atoms with van der Waals surface area (Å²) in [5, 5.41) is 9.93. The number of hydrogen-bond donors (Lipinski definition) is 0. The van der Waals surface area contributed by atoms with Crippen LogP contribution in [0.5, 0.6) is 11.5 Å². The van der Waals surface area contributed by atoms with Crippen LogP contribution in [-0.2, 0) is 17.8 Å². The van der Waals surface area contributed by atoms with E-state index >= 15 is 0 Å². The van der Waals surface area contributed by atoms with E-state index in [1.165, 1.54) is 11.8 Å².